The van der Waals surface area contributed by atoms with Crippen LogP contribution in [0.3, 0.4) is 0 Å². The molecule has 0 radical (unpaired) electrons. The van der Waals surface area contributed by atoms with E-state index in [4.69, 9.17) is 4.74 Å². The summed E-state index contributed by atoms with van der Waals surface area (Å²) in [4.78, 5) is 15.0. The lowest BCUT2D eigenvalue weighted by Gasteiger charge is -2.09. The molecular formula is C8H12N2O2. The smallest absolute Gasteiger partial charge is 0.253 e. The molecule has 0 saturated heterocycles. The lowest BCUT2D eigenvalue weighted by Crippen LogP contribution is -2.25. The summed E-state index contributed by atoms with van der Waals surface area (Å²) in [5.74, 6) is 0. The fraction of sp³-hybridized carbons (Fsp3) is 0.500. The number of methoxy groups -OCH3 is 1. The first-order chi connectivity index (χ1) is 5.74. The van der Waals surface area contributed by atoms with E-state index in [-0.39, 0.29) is 11.7 Å². The molecule has 4 nitrogen and oxygen atoms in total. The van der Waals surface area contributed by atoms with Gasteiger partial charge in [-0.1, -0.05) is 0 Å². The van der Waals surface area contributed by atoms with Gasteiger partial charge in [-0.2, -0.15) is 0 Å². The standard InChI is InChI=1S/C8H12N2O2/c1-7(12-2)5-10-6-9-4-3-8(10)11/h3-4,6-7H,5H2,1-2H3. The van der Waals surface area contributed by atoms with Gasteiger partial charge < -0.3 is 4.74 Å². The van der Waals surface area contributed by atoms with Crippen molar-refractivity contribution >= 4 is 0 Å². The monoisotopic (exact) mass is 168 g/mol. The van der Waals surface area contributed by atoms with Crippen molar-refractivity contribution in [3.8, 4) is 0 Å². The van der Waals surface area contributed by atoms with Crippen LogP contribution >= 0.6 is 0 Å². The zero-order valence-electron chi connectivity index (χ0n) is 7.23. The van der Waals surface area contributed by atoms with Gasteiger partial charge in [-0.05, 0) is 6.92 Å². The van der Waals surface area contributed by atoms with Gasteiger partial charge in [0.1, 0.15) is 0 Å². The molecule has 0 aliphatic carbocycles. The van der Waals surface area contributed by atoms with Crippen LogP contribution in [0.15, 0.2) is 23.4 Å². The highest BCUT2D eigenvalue weighted by Gasteiger charge is 2.01. The Morgan fingerprint density at radius 1 is 1.75 bits per heavy atom. The third-order valence-electron chi connectivity index (χ3n) is 1.65. The summed E-state index contributed by atoms with van der Waals surface area (Å²) in [6.07, 6.45) is 3.03. The van der Waals surface area contributed by atoms with Gasteiger partial charge in [0.2, 0.25) is 0 Å². The molecule has 0 amide bonds. The van der Waals surface area contributed by atoms with Crippen LogP contribution in [0.25, 0.3) is 0 Å². The van der Waals surface area contributed by atoms with Gasteiger partial charge in [0, 0.05) is 19.4 Å². The second kappa shape index (κ2) is 4.01. The quantitative estimate of drug-likeness (QED) is 0.651. The van der Waals surface area contributed by atoms with E-state index in [1.807, 2.05) is 6.92 Å². The van der Waals surface area contributed by atoms with Gasteiger partial charge in [-0.25, -0.2) is 4.98 Å². The molecule has 0 fully saturated rings. The van der Waals surface area contributed by atoms with Crippen molar-refractivity contribution in [3.63, 3.8) is 0 Å². The van der Waals surface area contributed by atoms with Crippen molar-refractivity contribution in [2.45, 2.75) is 19.6 Å². The van der Waals surface area contributed by atoms with Crippen molar-refractivity contribution in [1.82, 2.24) is 9.55 Å². The van der Waals surface area contributed by atoms with E-state index in [2.05, 4.69) is 4.98 Å². The third-order valence-corrected chi connectivity index (χ3v) is 1.65. The SMILES string of the molecule is COC(C)Cn1cnccc1=O. The molecule has 1 heterocycles. The molecule has 0 aliphatic rings. The summed E-state index contributed by atoms with van der Waals surface area (Å²) in [6, 6.07) is 1.43. The first-order valence-corrected chi connectivity index (χ1v) is 3.77. The molecule has 1 atom stereocenters. The number of rotatable bonds is 3. The Kier molecular flexibility index (Phi) is 2.99. The fourth-order valence-electron chi connectivity index (χ4n) is 0.867. The molecule has 66 valence electrons. The summed E-state index contributed by atoms with van der Waals surface area (Å²) >= 11 is 0. The topological polar surface area (TPSA) is 44.1 Å². The van der Waals surface area contributed by atoms with E-state index in [1.165, 1.54) is 23.2 Å². The maximum atomic E-state index is 11.1. The van der Waals surface area contributed by atoms with Crippen molar-refractivity contribution in [1.29, 1.82) is 0 Å². The lowest BCUT2D eigenvalue weighted by atomic mass is 10.4. The molecule has 0 aliphatic heterocycles. The predicted octanol–water partition coefficient (Wildman–Crippen LogP) is 0.278. The first-order valence-electron chi connectivity index (χ1n) is 3.77. The minimum Gasteiger partial charge on any atom is -0.380 e. The Hall–Kier alpha value is -1.16. The van der Waals surface area contributed by atoms with Gasteiger partial charge in [0.05, 0.1) is 19.0 Å². The highest BCUT2D eigenvalue weighted by Crippen LogP contribution is 1.90. The van der Waals surface area contributed by atoms with Crippen molar-refractivity contribution in [3.05, 3.63) is 28.9 Å². The Balaban J connectivity index is 2.76. The average Bonchev–Trinajstić information content (AvgIpc) is 2.09. The predicted molar refractivity (Wildman–Crippen MR) is 45.0 cm³/mol. The molecule has 0 saturated carbocycles. The van der Waals surface area contributed by atoms with E-state index >= 15 is 0 Å². The molecule has 0 bridgehead atoms. The molecule has 1 aromatic rings. The molecular weight excluding hydrogens is 156 g/mol. The molecule has 12 heavy (non-hydrogen) atoms. The van der Waals surface area contributed by atoms with E-state index in [1.54, 1.807) is 7.11 Å². The Labute approximate surface area is 70.8 Å². The highest BCUT2D eigenvalue weighted by atomic mass is 16.5. The second-order valence-corrected chi connectivity index (χ2v) is 2.62. The summed E-state index contributed by atoms with van der Waals surface area (Å²) in [5, 5.41) is 0. The highest BCUT2D eigenvalue weighted by molar-refractivity contribution is 4.82. The van der Waals surface area contributed by atoms with Crippen LogP contribution in [0.1, 0.15) is 6.92 Å². The van der Waals surface area contributed by atoms with Crippen LogP contribution in [0.5, 0.6) is 0 Å². The van der Waals surface area contributed by atoms with E-state index in [0.29, 0.717) is 6.54 Å². The molecule has 4 heteroatoms. The van der Waals surface area contributed by atoms with Crippen LogP contribution in [0.2, 0.25) is 0 Å². The minimum absolute atomic E-state index is 0.0342. The van der Waals surface area contributed by atoms with Crippen LogP contribution < -0.4 is 5.56 Å². The number of hydrogen-bond acceptors (Lipinski definition) is 3. The third kappa shape index (κ3) is 2.17. The van der Waals surface area contributed by atoms with Gasteiger partial charge in [-0.15, -0.1) is 0 Å². The minimum atomic E-state index is -0.0473. The summed E-state index contributed by atoms with van der Waals surface area (Å²) < 4.78 is 6.54. The van der Waals surface area contributed by atoms with Crippen LogP contribution in [0.4, 0.5) is 0 Å². The van der Waals surface area contributed by atoms with Crippen molar-refractivity contribution in [2.24, 2.45) is 0 Å². The van der Waals surface area contributed by atoms with E-state index < -0.39 is 0 Å². The second-order valence-electron chi connectivity index (χ2n) is 2.62. The Bertz CT molecular complexity index is 295. The molecule has 0 aromatic carbocycles. The van der Waals surface area contributed by atoms with Gasteiger partial charge in [-0.3, -0.25) is 9.36 Å². The van der Waals surface area contributed by atoms with Crippen LogP contribution in [-0.4, -0.2) is 22.8 Å². The first kappa shape index (κ1) is 8.93. The van der Waals surface area contributed by atoms with Gasteiger partial charge >= 0.3 is 0 Å². The largest absolute Gasteiger partial charge is 0.380 e. The summed E-state index contributed by atoms with van der Waals surface area (Å²) in [5.41, 5.74) is -0.0473. The lowest BCUT2D eigenvalue weighted by molar-refractivity contribution is 0.102. The Morgan fingerprint density at radius 3 is 3.08 bits per heavy atom. The maximum Gasteiger partial charge on any atom is 0.253 e. The maximum absolute atomic E-state index is 11.1. The Morgan fingerprint density at radius 2 is 2.50 bits per heavy atom. The molecule has 0 spiro atoms. The molecule has 1 rings (SSSR count). The van der Waals surface area contributed by atoms with Crippen LogP contribution in [-0.2, 0) is 11.3 Å². The zero-order valence-corrected chi connectivity index (χ0v) is 7.23. The summed E-state index contributed by atoms with van der Waals surface area (Å²) in [6.45, 7) is 2.45. The van der Waals surface area contributed by atoms with E-state index in [9.17, 15) is 4.79 Å². The molecule has 0 N–H and O–H groups in total. The van der Waals surface area contributed by atoms with Crippen LogP contribution in [0, 0.1) is 0 Å². The van der Waals surface area contributed by atoms with E-state index in [0.717, 1.165) is 0 Å². The number of ether oxygens (including phenoxy) is 1. The average molecular weight is 168 g/mol. The van der Waals surface area contributed by atoms with Gasteiger partial charge in [0.25, 0.3) is 5.56 Å². The number of nitrogens with zero attached hydrogens (tertiary/aromatic N) is 2. The van der Waals surface area contributed by atoms with Crippen molar-refractivity contribution < 1.29 is 4.74 Å². The zero-order chi connectivity index (χ0) is 8.97. The fourth-order valence-corrected chi connectivity index (χ4v) is 0.867. The molecule has 1 aromatic heterocycles. The molecule has 1 unspecified atom stereocenters. The number of hydrogen-bond donors (Lipinski definition) is 0. The van der Waals surface area contributed by atoms with Gasteiger partial charge in [0.15, 0.2) is 0 Å². The van der Waals surface area contributed by atoms with Crippen molar-refractivity contribution in [2.75, 3.05) is 7.11 Å². The number of aromatic nitrogens is 2. The summed E-state index contributed by atoms with van der Waals surface area (Å²) in [7, 11) is 1.62. The normalized spacial score (nSPS) is 12.8.